The van der Waals surface area contributed by atoms with E-state index >= 15 is 0 Å². The number of hydrogen-bond donors (Lipinski definition) is 2. The van der Waals surface area contributed by atoms with Gasteiger partial charge in [-0.3, -0.25) is 9.48 Å². The van der Waals surface area contributed by atoms with Gasteiger partial charge in [-0.15, -0.1) is 0 Å². The van der Waals surface area contributed by atoms with E-state index in [4.69, 9.17) is 5.11 Å². The lowest BCUT2D eigenvalue weighted by Gasteiger charge is -2.03. The maximum atomic E-state index is 12.1. The summed E-state index contributed by atoms with van der Waals surface area (Å²) in [6, 6.07) is 1.82. The molecule has 2 N–H and O–H groups in total. The molecule has 0 saturated carbocycles. The Morgan fingerprint density at radius 3 is 2.81 bits per heavy atom. The van der Waals surface area contributed by atoms with Crippen LogP contribution in [0.5, 0.6) is 0 Å². The topological polar surface area (TPSA) is 106 Å². The van der Waals surface area contributed by atoms with Gasteiger partial charge >= 0.3 is 5.97 Å². The Bertz CT molecular complexity index is 732. The molecule has 0 unspecified atom stereocenters. The Kier molecular flexibility index (Phi) is 4.43. The Balaban J connectivity index is 2.00. The quantitative estimate of drug-likeness (QED) is 0.758. The molecule has 8 nitrogen and oxygen atoms in total. The van der Waals surface area contributed by atoms with Gasteiger partial charge in [0, 0.05) is 32.2 Å². The summed E-state index contributed by atoms with van der Waals surface area (Å²) in [6.45, 7) is 0.313. The minimum Gasteiger partial charge on any atom is -0.481 e. The molecular weight excluding hydrogens is 296 g/mol. The SMILES string of the molecule is Cn1ccc(CNS(=O)(=O)c2cnn(CCC(=O)O)c2)c1. The van der Waals surface area contributed by atoms with Crippen LogP contribution in [0.4, 0.5) is 0 Å². The van der Waals surface area contributed by atoms with E-state index in [1.54, 1.807) is 0 Å². The van der Waals surface area contributed by atoms with Gasteiger partial charge in [-0.2, -0.15) is 5.10 Å². The van der Waals surface area contributed by atoms with Crippen LogP contribution < -0.4 is 4.72 Å². The van der Waals surface area contributed by atoms with Gasteiger partial charge in [0.1, 0.15) is 4.90 Å². The zero-order chi connectivity index (χ0) is 15.5. The fourth-order valence-electron chi connectivity index (χ4n) is 1.74. The maximum absolute atomic E-state index is 12.1. The molecule has 2 rings (SSSR count). The Labute approximate surface area is 122 Å². The molecular formula is C12H16N4O4S. The van der Waals surface area contributed by atoms with Crippen LogP contribution in [0.1, 0.15) is 12.0 Å². The number of sulfonamides is 1. The predicted octanol–water partition coefficient (Wildman–Crippen LogP) is 0.175. The summed E-state index contributed by atoms with van der Waals surface area (Å²) in [5.74, 6) is -0.961. The number of aromatic nitrogens is 3. The number of aryl methyl sites for hydroxylation is 2. The van der Waals surface area contributed by atoms with Gasteiger partial charge < -0.3 is 9.67 Å². The molecule has 0 aliphatic rings. The van der Waals surface area contributed by atoms with E-state index in [1.807, 2.05) is 30.1 Å². The number of carboxylic acids is 1. The molecule has 21 heavy (non-hydrogen) atoms. The molecule has 0 aliphatic heterocycles. The summed E-state index contributed by atoms with van der Waals surface area (Å²) in [5, 5.41) is 12.4. The summed E-state index contributed by atoms with van der Waals surface area (Å²) in [4.78, 5) is 10.5. The molecule has 114 valence electrons. The van der Waals surface area contributed by atoms with E-state index in [2.05, 4.69) is 9.82 Å². The number of carbonyl (C=O) groups is 1. The van der Waals surface area contributed by atoms with Crippen LogP contribution in [0.3, 0.4) is 0 Å². The van der Waals surface area contributed by atoms with E-state index in [-0.39, 0.29) is 24.4 Å². The first-order chi connectivity index (χ1) is 9.87. The number of nitrogens with one attached hydrogen (secondary N) is 1. The third-order valence-electron chi connectivity index (χ3n) is 2.83. The van der Waals surface area contributed by atoms with Gasteiger partial charge in [-0.25, -0.2) is 13.1 Å². The molecule has 2 heterocycles. The minimum atomic E-state index is -3.66. The third-order valence-corrected chi connectivity index (χ3v) is 4.19. The highest BCUT2D eigenvalue weighted by Gasteiger charge is 2.16. The van der Waals surface area contributed by atoms with Crippen molar-refractivity contribution in [3.05, 3.63) is 36.4 Å². The second kappa shape index (κ2) is 6.10. The summed E-state index contributed by atoms with van der Waals surface area (Å²) < 4.78 is 29.7. The molecule has 2 aromatic rings. The largest absolute Gasteiger partial charge is 0.481 e. The van der Waals surface area contributed by atoms with Gasteiger partial charge in [0.2, 0.25) is 10.0 Å². The number of aliphatic carboxylic acids is 1. The number of nitrogens with zero attached hydrogens (tertiary/aromatic N) is 3. The Morgan fingerprint density at radius 1 is 1.43 bits per heavy atom. The first-order valence-electron chi connectivity index (χ1n) is 6.21. The number of carboxylic acid groups (broad SMARTS) is 1. The normalized spacial score (nSPS) is 11.7. The molecule has 0 aliphatic carbocycles. The summed E-state index contributed by atoms with van der Waals surface area (Å²) >= 11 is 0. The van der Waals surface area contributed by atoms with Crippen molar-refractivity contribution in [2.45, 2.75) is 24.4 Å². The van der Waals surface area contributed by atoms with E-state index in [0.717, 1.165) is 5.56 Å². The van der Waals surface area contributed by atoms with Crippen molar-refractivity contribution in [3.8, 4) is 0 Å². The second-order valence-corrected chi connectivity index (χ2v) is 6.36. The summed E-state index contributed by atoms with van der Waals surface area (Å²) in [7, 11) is -1.81. The van der Waals surface area contributed by atoms with Gasteiger partial charge in [0.25, 0.3) is 0 Å². The average Bonchev–Trinajstić information content (AvgIpc) is 3.03. The molecule has 0 aromatic carbocycles. The van der Waals surface area contributed by atoms with E-state index in [0.29, 0.717) is 0 Å². The zero-order valence-electron chi connectivity index (χ0n) is 11.4. The van der Waals surface area contributed by atoms with Crippen LogP contribution in [0.25, 0.3) is 0 Å². The van der Waals surface area contributed by atoms with E-state index in [1.165, 1.54) is 17.1 Å². The van der Waals surface area contributed by atoms with Crippen LogP contribution in [-0.2, 0) is 35.0 Å². The second-order valence-electron chi connectivity index (χ2n) is 4.59. The van der Waals surface area contributed by atoms with Crippen LogP contribution in [-0.4, -0.2) is 33.8 Å². The van der Waals surface area contributed by atoms with Crippen molar-refractivity contribution in [1.82, 2.24) is 19.1 Å². The fourth-order valence-corrected chi connectivity index (χ4v) is 2.71. The molecule has 9 heteroatoms. The van der Waals surface area contributed by atoms with Gasteiger partial charge in [-0.1, -0.05) is 0 Å². The van der Waals surface area contributed by atoms with Crippen molar-refractivity contribution in [1.29, 1.82) is 0 Å². The van der Waals surface area contributed by atoms with E-state index in [9.17, 15) is 13.2 Å². The lowest BCUT2D eigenvalue weighted by atomic mass is 10.4. The predicted molar refractivity (Wildman–Crippen MR) is 73.9 cm³/mol. The fraction of sp³-hybridized carbons (Fsp3) is 0.333. The summed E-state index contributed by atoms with van der Waals surface area (Å²) in [6.07, 6.45) is 6.05. The highest BCUT2D eigenvalue weighted by molar-refractivity contribution is 7.89. The average molecular weight is 312 g/mol. The van der Waals surface area contributed by atoms with Crippen molar-refractivity contribution < 1.29 is 18.3 Å². The first kappa shape index (κ1) is 15.3. The highest BCUT2D eigenvalue weighted by atomic mass is 32.2. The monoisotopic (exact) mass is 312 g/mol. The van der Waals surface area contributed by atoms with Crippen molar-refractivity contribution in [2.75, 3.05) is 0 Å². The van der Waals surface area contributed by atoms with Gasteiger partial charge in [0.05, 0.1) is 19.2 Å². The molecule has 0 bridgehead atoms. The van der Waals surface area contributed by atoms with Gasteiger partial charge in [-0.05, 0) is 11.6 Å². The Hall–Kier alpha value is -2.13. The molecule has 0 amide bonds. The van der Waals surface area contributed by atoms with Crippen molar-refractivity contribution in [2.24, 2.45) is 7.05 Å². The van der Waals surface area contributed by atoms with E-state index < -0.39 is 16.0 Å². The third kappa shape index (κ3) is 4.17. The van der Waals surface area contributed by atoms with Crippen molar-refractivity contribution in [3.63, 3.8) is 0 Å². The van der Waals surface area contributed by atoms with Crippen LogP contribution in [0, 0.1) is 0 Å². The molecule has 0 saturated heterocycles. The maximum Gasteiger partial charge on any atom is 0.305 e. The standard InChI is InChI=1S/C12H16N4O4S/c1-15-4-2-10(8-15)6-14-21(19,20)11-7-13-16(9-11)5-3-12(17)18/h2,4,7-9,14H,3,5-6H2,1H3,(H,17,18). The molecule has 0 radical (unpaired) electrons. The lowest BCUT2D eigenvalue weighted by molar-refractivity contribution is -0.137. The molecule has 0 atom stereocenters. The van der Waals surface area contributed by atoms with Crippen LogP contribution >= 0.6 is 0 Å². The zero-order valence-corrected chi connectivity index (χ0v) is 12.2. The lowest BCUT2D eigenvalue weighted by Crippen LogP contribution is -2.22. The number of rotatable bonds is 7. The molecule has 2 aromatic heterocycles. The smallest absolute Gasteiger partial charge is 0.305 e. The molecule has 0 spiro atoms. The molecule has 0 fully saturated rings. The van der Waals surface area contributed by atoms with Crippen LogP contribution in [0.2, 0.25) is 0 Å². The van der Waals surface area contributed by atoms with Crippen molar-refractivity contribution >= 4 is 16.0 Å². The van der Waals surface area contributed by atoms with Gasteiger partial charge in [0.15, 0.2) is 0 Å². The highest BCUT2D eigenvalue weighted by Crippen LogP contribution is 2.09. The first-order valence-corrected chi connectivity index (χ1v) is 7.70. The summed E-state index contributed by atoms with van der Waals surface area (Å²) in [5.41, 5.74) is 0.847. The minimum absolute atomic E-state index is 0.0174. The van der Waals surface area contributed by atoms with Crippen LogP contribution in [0.15, 0.2) is 35.7 Å². The Morgan fingerprint density at radius 2 is 2.19 bits per heavy atom. The number of hydrogen-bond acceptors (Lipinski definition) is 4.